The fourth-order valence-corrected chi connectivity index (χ4v) is 6.41. The van der Waals surface area contributed by atoms with Crippen molar-refractivity contribution in [3.8, 4) is 0 Å². The van der Waals surface area contributed by atoms with Crippen molar-refractivity contribution in [2.75, 3.05) is 26.3 Å². The van der Waals surface area contributed by atoms with Crippen molar-refractivity contribution in [1.82, 2.24) is 10.8 Å². The number of carbonyl (C=O) groups excluding carboxylic acids is 1. The molecule has 0 aromatic rings. The fraction of sp³-hybridized carbons (Fsp3) is 0.923. The van der Waals surface area contributed by atoms with E-state index in [-0.39, 0.29) is 5.91 Å². The van der Waals surface area contributed by atoms with Crippen LogP contribution in [0.1, 0.15) is 78.1 Å². The first-order chi connectivity index (χ1) is 16.4. The van der Waals surface area contributed by atoms with Crippen LogP contribution < -0.4 is 10.8 Å². The molecule has 0 heterocycles. The smallest absolute Gasteiger partial charge is 0.307 e. The minimum absolute atomic E-state index is 0.0712. The molecule has 0 aromatic heterocycles. The van der Waals surface area contributed by atoms with Crippen LogP contribution in [0.5, 0.6) is 0 Å². The summed E-state index contributed by atoms with van der Waals surface area (Å²) < 4.78 is 0. The van der Waals surface area contributed by atoms with Crippen LogP contribution in [0.3, 0.4) is 0 Å². The number of hydrogen-bond acceptors (Lipinski definition) is 6. The van der Waals surface area contributed by atoms with E-state index in [2.05, 4.69) is 29.5 Å². The van der Waals surface area contributed by atoms with Gasteiger partial charge in [-0.15, -0.1) is 0 Å². The number of carboxylic acid groups (broad SMARTS) is 1. The van der Waals surface area contributed by atoms with Crippen LogP contribution in [-0.4, -0.2) is 48.5 Å². The van der Waals surface area contributed by atoms with Gasteiger partial charge in [0.15, 0.2) is 0 Å². The quantitative estimate of drug-likeness (QED) is 0.199. The van der Waals surface area contributed by atoms with Crippen LogP contribution in [0.2, 0.25) is 0 Å². The molecule has 3 rings (SSSR count). The zero-order valence-electron chi connectivity index (χ0n) is 21.0. The molecule has 196 valence electrons. The molecule has 4 N–H and O–H groups in total. The predicted molar refractivity (Wildman–Crippen MR) is 129 cm³/mol. The number of amides is 1. The molecule has 0 aromatic carbocycles. The Morgan fingerprint density at radius 1 is 0.794 bits per heavy atom. The van der Waals surface area contributed by atoms with Gasteiger partial charge in [0.05, 0.1) is 25.0 Å². The van der Waals surface area contributed by atoms with Gasteiger partial charge in [-0.1, -0.05) is 20.3 Å². The van der Waals surface area contributed by atoms with Gasteiger partial charge in [0, 0.05) is 13.1 Å². The van der Waals surface area contributed by atoms with Crippen molar-refractivity contribution in [3.05, 3.63) is 0 Å². The standard InChI is InChI=1S/C26H46N2O6/c1-17-3-9-21(16-34-32)22(11-17)15-33-28-14-20-7-5-19(6-8-20)13-27-25(29)24-12-18(2)4-10-23(24)26(30)31/h17-24,28,32H,3-16H2,1-2H3,(H,27,29)(H,30,31). The number of carbonyl (C=O) groups is 2. The highest BCUT2D eigenvalue weighted by Gasteiger charge is 2.38. The topological polar surface area (TPSA) is 117 Å². The molecule has 0 bridgehead atoms. The third kappa shape index (κ3) is 8.18. The van der Waals surface area contributed by atoms with Crippen molar-refractivity contribution in [1.29, 1.82) is 0 Å². The first-order valence-electron chi connectivity index (χ1n) is 13.5. The van der Waals surface area contributed by atoms with Gasteiger partial charge in [0.1, 0.15) is 0 Å². The highest BCUT2D eigenvalue weighted by molar-refractivity contribution is 5.84. The molecule has 6 atom stereocenters. The summed E-state index contributed by atoms with van der Waals surface area (Å²) in [6, 6.07) is 0. The lowest BCUT2D eigenvalue weighted by atomic mass is 9.74. The van der Waals surface area contributed by atoms with E-state index in [1.807, 2.05) is 0 Å². The molecule has 3 fully saturated rings. The number of hydrogen-bond donors (Lipinski definition) is 4. The average molecular weight is 483 g/mol. The van der Waals surface area contributed by atoms with Crippen LogP contribution in [0.25, 0.3) is 0 Å². The van der Waals surface area contributed by atoms with E-state index in [1.165, 1.54) is 6.42 Å². The van der Waals surface area contributed by atoms with E-state index in [0.717, 1.165) is 51.5 Å². The summed E-state index contributed by atoms with van der Waals surface area (Å²) in [6.45, 7) is 6.91. The van der Waals surface area contributed by atoms with Crippen LogP contribution in [0.4, 0.5) is 0 Å². The fourth-order valence-electron chi connectivity index (χ4n) is 6.41. The summed E-state index contributed by atoms with van der Waals surface area (Å²) in [6.07, 6.45) is 9.90. The maximum atomic E-state index is 12.7. The normalized spacial score (nSPS) is 36.7. The van der Waals surface area contributed by atoms with Crippen LogP contribution in [0.15, 0.2) is 0 Å². The molecular formula is C26H46N2O6. The third-order valence-corrected chi connectivity index (χ3v) is 8.76. The Balaban J connectivity index is 1.30. The van der Waals surface area contributed by atoms with Crippen molar-refractivity contribution >= 4 is 11.9 Å². The predicted octanol–water partition coefficient (Wildman–Crippen LogP) is 4.11. The maximum absolute atomic E-state index is 12.7. The highest BCUT2D eigenvalue weighted by atomic mass is 17.1. The molecular weight excluding hydrogens is 436 g/mol. The Kier molecular flexibility index (Phi) is 11.1. The molecule has 0 saturated heterocycles. The number of hydroxylamine groups is 1. The molecule has 8 nitrogen and oxygen atoms in total. The number of rotatable bonds is 11. The largest absolute Gasteiger partial charge is 0.481 e. The second-order valence-corrected chi connectivity index (χ2v) is 11.5. The van der Waals surface area contributed by atoms with Gasteiger partial charge in [0.2, 0.25) is 5.91 Å². The van der Waals surface area contributed by atoms with E-state index in [1.54, 1.807) is 0 Å². The van der Waals surface area contributed by atoms with E-state index in [4.69, 9.17) is 10.1 Å². The second-order valence-electron chi connectivity index (χ2n) is 11.5. The SMILES string of the molecule is CC1CCC(COO)C(CONCC2CCC(CNC(=O)C3CC(C)CCC3C(=O)O)CC2)C1. The first kappa shape index (κ1) is 27.4. The van der Waals surface area contributed by atoms with Crippen molar-refractivity contribution in [3.63, 3.8) is 0 Å². The van der Waals surface area contributed by atoms with Gasteiger partial charge >= 0.3 is 5.97 Å². The van der Waals surface area contributed by atoms with Crippen LogP contribution in [-0.2, 0) is 19.3 Å². The van der Waals surface area contributed by atoms with Gasteiger partial charge in [0.25, 0.3) is 0 Å². The lowest BCUT2D eigenvalue weighted by molar-refractivity contribution is -0.257. The lowest BCUT2D eigenvalue weighted by Gasteiger charge is -2.34. The van der Waals surface area contributed by atoms with Gasteiger partial charge < -0.3 is 15.3 Å². The summed E-state index contributed by atoms with van der Waals surface area (Å²) in [7, 11) is 0. The molecule has 3 aliphatic carbocycles. The minimum Gasteiger partial charge on any atom is -0.481 e. The Morgan fingerprint density at radius 2 is 1.44 bits per heavy atom. The number of aliphatic carboxylic acids is 1. The molecule has 0 spiro atoms. The molecule has 0 radical (unpaired) electrons. The third-order valence-electron chi connectivity index (χ3n) is 8.76. The van der Waals surface area contributed by atoms with Gasteiger partial charge in [-0.3, -0.25) is 14.8 Å². The molecule has 1 amide bonds. The monoisotopic (exact) mass is 482 g/mol. The maximum Gasteiger partial charge on any atom is 0.307 e. The van der Waals surface area contributed by atoms with Crippen LogP contribution >= 0.6 is 0 Å². The Bertz CT molecular complexity index is 639. The Labute approximate surface area is 204 Å². The molecule has 6 unspecified atom stereocenters. The molecule has 0 aliphatic heterocycles. The molecule has 3 saturated carbocycles. The average Bonchev–Trinajstić information content (AvgIpc) is 2.82. The molecule has 3 aliphatic rings. The second kappa shape index (κ2) is 13.8. The van der Waals surface area contributed by atoms with E-state index < -0.39 is 17.8 Å². The van der Waals surface area contributed by atoms with Crippen molar-refractivity contribution in [2.24, 2.45) is 47.3 Å². The molecule has 8 heteroatoms. The van der Waals surface area contributed by atoms with E-state index in [0.29, 0.717) is 68.1 Å². The lowest BCUT2D eigenvalue weighted by Crippen LogP contribution is -2.43. The number of nitrogens with one attached hydrogen (secondary N) is 2. The first-order valence-corrected chi connectivity index (χ1v) is 13.5. The van der Waals surface area contributed by atoms with Gasteiger partial charge in [-0.25, -0.2) is 10.4 Å². The van der Waals surface area contributed by atoms with Crippen molar-refractivity contribution in [2.45, 2.75) is 78.1 Å². The Hall–Kier alpha value is -1.22. The number of carboxylic acids is 1. The van der Waals surface area contributed by atoms with Crippen molar-refractivity contribution < 1.29 is 29.7 Å². The zero-order chi connectivity index (χ0) is 24.5. The zero-order valence-corrected chi connectivity index (χ0v) is 21.0. The summed E-state index contributed by atoms with van der Waals surface area (Å²) in [5.74, 6) is 1.07. The van der Waals surface area contributed by atoms with Gasteiger partial charge in [-0.05, 0) is 93.3 Å². The van der Waals surface area contributed by atoms with Gasteiger partial charge in [-0.2, -0.15) is 0 Å². The summed E-state index contributed by atoms with van der Waals surface area (Å²) in [5, 5.41) is 21.4. The minimum atomic E-state index is -0.836. The Morgan fingerprint density at radius 3 is 2.12 bits per heavy atom. The summed E-state index contributed by atoms with van der Waals surface area (Å²) >= 11 is 0. The highest BCUT2D eigenvalue weighted by Crippen LogP contribution is 2.35. The summed E-state index contributed by atoms with van der Waals surface area (Å²) in [4.78, 5) is 34.5. The molecule has 34 heavy (non-hydrogen) atoms. The van der Waals surface area contributed by atoms with E-state index in [9.17, 15) is 14.7 Å². The van der Waals surface area contributed by atoms with E-state index >= 15 is 0 Å². The summed E-state index contributed by atoms with van der Waals surface area (Å²) in [5.41, 5.74) is 3.18. The van der Waals surface area contributed by atoms with Crippen LogP contribution in [0, 0.1) is 47.3 Å².